The number of allylic oxidation sites excluding steroid dienone is 2. The number of hydrogen-bond acceptors (Lipinski definition) is 4. The number of aromatic nitrogens is 3. The van der Waals surface area contributed by atoms with Crippen LogP contribution in [0.25, 0.3) is 67.5 Å². The lowest BCUT2D eigenvalue weighted by Crippen LogP contribution is -2.49. The van der Waals surface area contributed by atoms with Gasteiger partial charge in [0, 0.05) is 27.9 Å². The van der Waals surface area contributed by atoms with Crippen LogP contribution in [0, 0.1) is 0 Å². The monoisotopic (exact) mass is 776 g/mol. The third-order valence-electron chi connectivity index (χ3n) is 12.6. The van der Waals surface area contributed by atoms with Crippen molar-refractivity contribution in [2.45, 2.75) is 5.41 Å². The van der Waals surface area contributed by atoms with Gasteiger partial charge in [0.2, 0.25) is 0 Å². The minimum Gasteiger partial charge on any atom is -0.383 e. The van der Waals surface area contributed by atoms with Gasteiger partial charge in [0.15, 0.2) is 17.5 Å². The van der Waals surface area contributed by atoms with E-state index in [4.69, 9.17) is 15.0 Å². The van der Waals surface area contributed by atoms with Crippen LogP contribution in [0.3, 0.4) is 0 Å². The molecule has 3 heterocycles. The Labute approximate surface area is 356 Å². The van der Waals surface area contributed by atoms with E-state index < -0.39 is 5.41 Å². The van der Waals surface area contributed by atoms with Gasteiger partial charge in [-0.1, -0.05) is 194 Å². The molecule has 3 aliphatic rings. The maximum absolute atomic E-state index is 5.22. The molecule has 0 radical (unpaired) electrons. The Morgan fingerprint density at radius 2 is 0.951 bits per heavy atom. The van der Waals surface area contributed by atoms with Crippen LogP contribution in [0.5, 0.6) is 0 Å². The summed E-state index contributed by atoms with van der Waals surface area (Å²) in [6.45, 7) is 0.0122. The fourth-order valence-electron chi connectivity index (χ4n) is 9.89. The summed E-state index contributed by atoms with van der Waals surface area (Å²) >= 11 is 0. The Morgan fingerprint density at radius 1 is 0.377 bits per heavy atom. The Balaban J connectivity index is 1.06. The normalized spacial score (nSPS) is 13.8. The third kappa shape index (κ3) is 5.58. The van der Waals surface area contributed by atoms with E-state index in [1.807, 2.05) is 24.3 Å². The molecule has 1 aromatic heterocycles. The van der Waals surface area contributed by atoms with E-state index in [1.54, 1.807) is 0 Å². The summed E-state index contributed by atoms with van der Waals surface area (Å²) < 4.78 is 0. The van der Waals surface area contributed by atoms with Gasteiger partial charge in [-0.3, -0.25) is 0 Å². The zero-order valence-electron chi connectivity index (χ0n) is 33.2. The molecule has 0 fully saturated rings. The second-order valence-corrected chi connectivity index (χ2v) is 15.9. The van der Waals surface area contributed by atoms with E-state index in [1.165, 1.54) is 50.0 Å². The van der Waals surface area contributed by atoms with E-state index >= 15 is 0 Å². The molecule has 0 spiro atoms. The molecule has 8 aromatic carbocycles. The third-order valence-corrected chi connectivity index (χ3v) is 12.6. The van der Waals surface area contributed by atoms with Crippen molar-refractivity contribution in [1.29, 1.82) is 0 Å². The van der Waals surface area contributed by atoms with Crippen LogP contribution in [-0.4, -0.2) is 21.8 Å². The molecule has 284 valence electrons. The molecule has 0 unspecified atom stereocenters. The lowest BCUT2D eigenvalue weighted by Gasteiger charge is -2.38. The first-order chi connectivity index (χ1) is 30.2. The highest BCUT2D eigenvalue weighted by Gasteiger charge is 2.47. The van der Waals surface area contributed by atoms with Crippen molar-refractivity contribution in [3.8, 4) is 67.5 Å². The zero-order valence-corrected chi connectivity index (χ0v) is 33.2. The molecule has 0 amide bonds. The largest absolute Gasteiger partial charge is 0.383 e. The highest BCUT2D eigenvalue weighted by atomic mass is 15.1. The molecule has 4 nitrogen and oxygen atoms in total. The molecule has 5 heteroatoms. The van der Waals surface area contributed by atoms with Crippen molar-refractivity contribution >= 4 is 18.0 Å². The predicted octanol–water partition coefficient (Wildman–Crippen LogP) is 12.2. The molecule has 1 aliphatic carbocycles. The molecule has 0 saturated heterocycles. The van der Waals surface area contributed by atoms with E-state index in [2.05, 4.69) is 205 Å². The maximum Gasteiger partial charge on any atom is 0.320 e. The molecule has 0 bridgehead atoms. The van der Waals surface area contributed by atoms with Crippen molar-refractivity contribution in [2.24, 2.45) is 0 Å². The number of fused-ring (bicyclic) bond motifs is 9. The quantitative estimate of drug-likeness (QED) is 0.158. The first kappa shape index (κ1) is 35.1. The molecule has 0 N–H and O–H groups in total. The van der Waals surface area contributed by atoms with Crippen LogP contribution in [0.1, 0.15) is 22.3 Å². The number of rotatable bonds is 6. The van der Waals surface area contributed by atoms with Gasteiger partial charge in [-0.25, -0.2) is 15.0 Å². The van der Waals surface area contributed by atoms with Gasteiger partial charge in [0.05, 0.1) is 5.41 Å². The van der Waals surface area contributed by atoms with E-state index in [0.717, 1.165) is 33.5 Å². The Kier molecular flexibility index (Phi) is 8.14. The summed E-state index contributed by atoms with van der Waals surface area (Å²) in [5.74, 6) is 4.22. The van der Waals surface area contributed by atoms with Crippen LogP contribution in [-0.2, 0) is 5.41 Å². The van der Waals surface area contributed by atoms with E-state index in [9.17, 15) is 0 Å². The van der Waals surface area contributed by atoms with E-state index in [0.29, 0.717) is 17.5 Å². The topological polar surface area (TPSA) is 41.9 Å². The smallest absolute Gasteiger partial charge is 0.320 e. The molecule has 12 rings (SSSR count). The maximum atomic E-state index is 5.22. The SMILES string of the molecule is C1=CB2c3cc4c(cc3-c3ccc(-c5nc(-c6ccccc6)nc(-c6cccc(-c7ccccc7)c6)n5)cc3N2C=C1)C(c1ccccc1)(c1ccccc1)c1ccccc1-4. The minimum atomic E-state index is -0.490. The fourth-order valence-corrected chi connectivity index (χ4v) is 9.89. The highest BCUT2D eigenvalue weighted by Crippen LogP contribution is 2.57. The molecule has 0 atom stereocenters. The summed E-state index contributed by atoms with van der Waals surface area (Å²) in [6, 6.07) is 71.9. The summed E-state index contributed by atoms with van der Waals surface area (Å²) in [5, 5.41) is 0. The lowest BCUT2D eigenvalue weighted by molar-refractivity contribution is 0.769. The minimum absolute atomic E-state index is 0.0122. The fraction of sp³-hybridized carbons (Fsp3) is 0.0179. The van der Waals surface area contributed by atoms with Crippen molar-refractivity contribution in [3.05, 3.63) is 247 Å². The standard InChI is InChI=1S/C56H37BN4/c1-5-18-38(19-6-1)40-22-17-23-41(34-40)54-58-53(39-20-7-2-8-21-39)59-55(60-54)42-30-31-46-48-36-50-47(37-51(48)57-32-15-16-33-61(57)52(46)35-42)45-28-13-14-29-49(45)56(50,43-24-9-3-10-25-43)44-26-11-4-12-27-44/h1-37H. The van der Waals surface area contributed by atoms with Crippen molar-refractivity contribution in [1.82, 2.24) is 15.0 Å². The van der Waals surface area contributed by atoms with Crippen molar-refractivity contribution in [3.63, 3.8) is 0 Å². The predicted molar refractivity (Wildman–Crippen MR) is 250 cm³/mol. The van der Waals surface area contributed by atoms with Gasteiger partial charge in [-0.2, -0.15) is 0 Å². The molecule has 9 aromatic rings. The number of nitrogens with zero attached hydrogens (tertiary/aromatic N) is 4. The van der Waals surface area contributed by atoms with Crippen LogP contribution in [0.2, 0.25) is 0 Å². The number of benzene rings is 8. The average molecular weight is 777 g/mol. The van der Waals surface area contributed by atoms with Gasteiger partial charge in [-0.15, -0.1) is 0 Å². The number of hydrogen-bond donors (Lipinski definition) is 0. The van der Waals surface area contributed by atoms with Crippen LogP contribution >= 0.6 is 0 Å². The second kappa shape index (κ2) is 14.1. The number of anilines is 1. The first-order valence-electron chi connectivity index (χ1n) is 20.9. The summed E-state index contributed by atoms with van der Waals surface area (Å²) in [5.41, 5.74) is 17.1. The van der Waals surface area contributed by atoms with Gasteiger partial charge < -0.3 is 4.81 Å². The Bertz CT molecular complexity index is 3160. The first-order valence-corrected chi connectivity index (χ1v) is 20.9. The summed E-state index contributed by atoms with van der Waals surface area (Å²) in [4.78, 5) is 17.9. The molecular formula is C56H37BN4. The second-order valence-electron chi connectivity index (χ2n) is 15.9. The van der Waals surface area contributed by atoms with Crippen LogP contribution in [0.4, 0.5) is 5.69 Å². The summed E-state index contributed by atoms with van der Waals surface area (Å²) in [7, 11) is 0. The van der Waals surface area contributed by atoms with Gasteiger partial charge in [0.1, 0.15) is 0 Å². The molecule has 61 heavy (non-hydrogen) atoms. The Morgan fingerprint density at radius 3 is 1.66 bits per heavy atom. The molecular weight excluding hydrogens is 739 g/mol. The van der Waals surface area contributed by atoms with E-state index in [-0.39, 0.29) is 6.85 Å². The zero-order chi connectivity index (χ0) is 40.3. The van der Waals surface area contributed by atoms with Crippen LogP contribution in [0.15, 0.2) is 225 Å². The highest BCUT2D eigenvalue weighted by molar-refractivity contribution is 6.84. The van der Waals surface area contributed by atoms with Gasteiger partial charge in [0.25, 0.3) is 0 Å². The van der Waals surface area contributed by atoms with Gasteiger partial charge >= 0.3 is 6.85 Å². The lowest BCUT2D eigenvalue weighted by atomic mass is 9.49. The van der Waals surface area contributed by atoms with Crippen molar-refractivity contribution < 1.29 is 0 Å². The Hall–Kier alpha value is -7.89. The summed E-state index contributed by atoms with van der Waals surface area (Å²) in [6.07, 6.45) is 6.51. The molecule has 0 saturated carbocycles. The van der Waals surface area contributed by atoms with Crippen LogP contribution < -0.4 is 10.3 Å². The van der Waals surface area contributed by atoms with Crippen molar-refractivity contribution in [2.75, 3.05) is 4.81 Å². The average Bonchev–Trinajstić information content (AvgIpc) is 3.64. The van der Waals surface area contributed by atoms with Gasteiger partial charge in [-0.05, 0) is 86.0 Å². The molecule has 2 aliphatic heterocycles.